The van der Waals surface area contributed by atoms with E-state index >= 15 is 0 Å². The fourth-order valence-electron chi connectivity index (χ4n) is 3.34. The summed E-state index contributed by atoms with van der Waals surface area (Å²) in [5, 5.41) is 3.23. The number of rotatable bonds is 7. The van der Waals surface area contributed by atoms with Crippen molar-refractivity contribution in [2.75, 3.05) is 40.9 Å². The summed E-state index contributed by atoms with van der Waals surface area (Å²) in [5.41, 5.74) is 1.26. The molecule has 1 aromatic rings. The lowest BCUT2D eigenvalue weighted by molar-refractivity contribution is -0.537. The Balaban J connectivity index is 1.79. The fraction of sp³-hybridized carbons (Fsp3) is 0.474. The van der Waals surface area contributed by atoms with Crippen molar-refractivity contribution in [3.63, 3.8) is 0 Å². The number of carbonyl (C=O) groups is 2. The van der Waals surface area contributed by atoms with Gasteiger partial charge in [0.1, 0.15) is 0 Å². The summed E-state index contributed by atoms with van der Waals surface area (Å²) in [4.78, 5) is 32.2. The molecule has 8 nitrogen and oxygen atoms in total. The molecule has 0 spiro atoms. The number of amidine groups is 1. The molecule has 2 aliphatic heterocycles. The first kappa shape index (κ1) is 19.0. The first-order chi connectivity index (χ1) is 13.0. The standard InChI is InChI=1S/C19H25N5O3/c1-22-16-15(17(25)23(2)19(22)26)24(18(21-16)20-11-13-27-3)12-7-10-14-8-5-4-6-9-14/h4-6,8-9,15H,7,10-13H2,1-3H3/p+1. The van der Waals surface area contributed by atoms with Crippen molar-refractivity contribution >= 4 is 23.7 Å². The van der Waals surface area contributed by atoms with Crippen molar-refractivity contribution in [1.82, 2.24) is 15.1 Å². The lowest BCUT2D eigenvalue weighted by Crippen LogP contribution is -2.61. The van der Waals surface area contributed by atoms with Gasteiger partial charge in [-0.2, -0.15) is 0 Å². The molecule has 1 N–H and O–H groups in total. The molecule has 3 amide bonds. The second kappa shape index (κ2) is 8.30. The Bertz CT molecular complexity index is 775. The van der Waals surface area contributed by atoms with E-state index in [0.29, 0.717) is 31.5 Å². The molecule has 27 heavy (non-hydrogen) atoms. The van der Waals surface area contributed by atoms with Crippen LogP contribution in [0.3, 0.4) is 0 Å². The molecule has 1 saturated heterocycles. The Hall–Kier alpha value is -2.74. The van der Waals surface area contributed by atoms with Gasteiger partial charge in [-0.25, -0.2) is 9.37 Å². The summed E-state index contributed by atoms with van der Waals surface area (Å²) in [6, 6.07) is 9.31. The molecule has 0 bridgehead atoms. The van der Waals surface area contributed by atoms with Crippen LogP contribution in [-0.4, -0.2) is 85.1 Å². The molecule has 1 aromatic carbocycles. The minimum absolute atomic E-state index is 0.250. The number of likely N-dealkylation sites (N-methyl/N-ethyl adjacent to an activating group) is 2. The molecule has 0 aromatic heterocycles. The predicted octanol–water partition coefficient (Wildman–Crippen LogP) is 0.528. The van der Waals surface area contributed by atoms with E-state index in [1.165, 1.54) is 17.5 Å². The van der Waals surface area contributed by atoms with Crippen LogP contribution in [0, 0.1) is 0 Å². The highest BCUT2D eigenvalue weighted by Crippen LogP contribution is 2.19. The number of urea groups is 1. The topological polar surface area (TPSA) is 77.2 Å². The minimum Gasteiger partial charge on any atom is -0.381 e. The summed E-state index contributed by atoms with van der Waals surface area (Å²) in [6.07, 6.45) is 1.77. The van der Waals surface area contributed by atoms with E-state index < -0.39 is 6.04 Å². The maximum atomic E-state index is 12.8. The Morgan fingerprint density at radius 1 is 1.19 bits per heavy atom. The monoisotopic (exact) mass is 372 g/mol. The van der Waals surface area contributed by atoms with Gasteiger partial charge in [-0.1, -0.05) is 35.3 Å². The van der Waals surface area contributed by atoms with Crippen LogP contribution < -0.4 is 5.32 Å². The number of ether oxygens (including phenoxy) is 1. The number of carbonyl (C=O) groups excluding carboxylic acids is 2. The summed E-state index contributed by atoms with van der Waals surface area (Å²) in [6.45, 7) is 1.76. The number of fused-ring (bicyclic) bond motifs is 1. The van der Waals surface area contributed by atoms with Crippen molar-refractivity contribution < 1.29 is 18.9 Å². The number of hydrogen-bond acceptors (Lipinski definition) is 5. The molecule has 2 heterocycles. The summed E-state index contributed by atoms with van der Waals surface area (Å²) in [5.74, 6) is 0.839. The maximum Gasteiger partial charge on any atom is 0.390 e. The molecule has 1 atom stereocenters. The van der Waals surface area contributed by atoms with Gasteiger partial charge in [0.25, 0.3) is 5.91 Å². The third-order valence-electron chi connectivity index (χ3n) is 4.83. The van der Waals surface area contributed by atoms with E-state index in [2.05, 4.69) is 22.4 Å². The van der Waals surface area contributed by atoms with Crippen molar-refractivity contribution in [3.8, 4) is 0 Å². The quantitative estimate of drug-likeness (QED) is 0.559. The van der Waals surface area contributed by atoms with Crippen LogP contribution in [0.1, 0.15) is 12.0 Å². The van der Waals surface area contributed by atoms with E-state index in [0.717, 1.165) is 17.7 Å². The fourth-order valence-corrected chi connectivity index (χ4v) is 3.34. The first-order valence-electron chi connectivity index (χ1n) is 9.08. The number of aliphatic imine (C=N–C) groups is 1. The van der Waals surface area contributed by atoms with Crippen LogP contribution >= 0.6 is 0 Å². The average Bonchev–Trinajstić information content (AvgIpc) is 3.04. The molecular formula is C19H26N5O3+. The van der Waals surface area contributed by atoms with Crippen LogP contribution in [0.25, 0.3) is 0 Å². The van der Waals surface area contributed by atoms with Gasteiger partial charge in [0.2, 0.25) is 11.9 Å². The lowest BCUT2D eigenvalue weighted by atomic mass is 10.1. The van der Waals surface area contributed by atoms with Crippen molar-refractivity contribution in [2.45, 2.75) is 18.9 Å². The normalized spacial score (nSPS) is 19.5. The van der Waals surface area contributed by atoms with E-state index in [1.807, 2.05) is 22.8 Å². The van der Waals surface area contributed by atoms with Gasteiger partial charge >= 0.3 is 12.0 Å². The SMILES string of the molecule is COCCNC1=[N+](CCCc2ccccc2)C2C(=O)N(C)C(=O)N(C)C2=N1. The zero-order valence-corrected chi connectivity index (χ0v) is 16.0. The number of aryl methyl sites for hydroxylation is 1. The Morgan fingerprint density at radius 2 is 1.93 bits per heavy atom. The van der Waals surface area contributed by atoms with Crippen molar-refractivity contribution in [2.24, 2.45) is 4.99 Å². The third kappa shape index (κ3) is 3.85. The highest BCUT2D eigenvalue weighted by molar-refractivity contribution is 6.22. The number of methoxy groups -OCH3 is 1. The highest BCUT2D eigenvalue weighted by Gasteiger charge is 2.51. The number of imide groups is 1. The Morgan fingerprint density at radius 3 is 2.63 bits per heavy atom. The number of benzene rings is 1. The molecule has 1 unspecified atom stereocenters. The van der Waals surface area contributed by atoms with Crippen molar-refractivity contribution in [3.05, 3.63) is 35.9 Å². The zero-order chi connectivity index (χ0) is 19.4. The van der Waals surface area contributed by atoms with Gasteiger partial charge in [0, 0.05) is 21.2 Å². The van der Waals surface area contributed by atoms with Crippen LogP contribution in [0.2, 0.25) is 0 Å². The van der Waals surface area contributed by atoms with Gasteiger partial charge in [0.05, 0.1) is 19.7 Å². The number of nitrogens with zero attached hydrogens (tertiary/aromatic N) is 4. The first-order valence-corrected chi connectivity index (χ1v) is 9.08. The van der Waals surface area contributed by atoms with Crippen LogP contribution in [0.5, 0.6) is 0 Å². The second-order valence-electron chi connectivity index (χ2n) is 6.64. The van der Waals surface area contributed by atoms with Gasteiger partial charge in [-0.15, -0.1) is 0 Å². The molecule has 8 heteroatoms. The van der Waals surface area contributed by atoms with Gasteiger partial charge in [-0.3, -0.25) is 19.9 Å². The Labute approximate surface area is 159 Å². The number of amides is 3. The third-order valence-corrected chi connectivity index (χ3v) is 4.83. The zero-order valence-electron chi connectivity index (χ0n) is 16.0. The summed E-state index contributed by atoms with van der Waals surface area (Å²) >= 11 is 0. The largest absolute Gasteiger partial charge is 0.390 e. The molecule has 3 rings (SSSR count). The van der Waals surface area contributed by atoms with Crippen LogP contribution in [0.15, 0.2) is 35.3 Å². The lowest BCUT2D eigenvalue weighted by Gasteiger charge is -2.31. The van der Waals surface area contributed by atoms with Crippen molar-refractivity contribution in [1.29, 1.82) is 0 Å². The highest BCUT2D eigenvalue weighted by atomic mass is 16.5. The molecular weight excluding hydrogens is 346 g/mol. The second-order valence-corrected chi connectivity index (χ2v) is 6.64. The molecule has 2 aliphatic rings. The van der Waals surface area contributed by atoms with Crippen LogP contribution in [0.4, 0.5) is 4.79 Å². The maximum absolute atomic E-state index is 12.8. The number of nitrogens with one attached hydrogen (secondary N) is 1. The molecule has 144 valence electrons. The van der Waals surface area contributed by atoms with Gasteiger partial charge in [0.15, 0.2) is 0 Å². The van der Waals surface area contributed by atoms with E-state index in [1.54, 1.807) is 14.2 Å². The minimum atomic E-state index is -0.571. The summed E-state index contributed by atoms with van der Waals surface area (Å²) < 4.78 is 7.04. The average molecular weight is 372 g/mol. The molecule has 1 fully saturated rings. The summed E-state index contributed by atoms with van der Waals surface area (Å²) in [7, 11) is 4.79. The molecule has 0 radical (unpaired) electrons. The van der Waals surface area contributed by atoms with Gasteiger partial charge in [-0.05, 0) is 18.4 Å². The van der Waals surface area contributed by atoms with Crippen LogP contribution in [-0.2, 0) is 16.0 Å². The molecule has 0 saturated carbocycles. The predicted molar refractivity (Wildman–Crippen MR) is 102 cm³/mol. The Kier molecular flexibility index (Phi) is 5.85. The molecule has 0 aliphatic carbocycles. The van der Waals surface area contributed by atoms with E-state index in [4.69, 9.17) is 4.74 Å². The van der Waals surface area contributed by atoms with E-state index in [-0.39, 0.29) is 11.9 Å². The number of guanidine groups is 1. The smallest absolute Gasteiger partial charge is 0.381 e. The van der Waals surface area contributed by atoms with E-state index in [9.17, 15) is 9.59 Å². The van der Waals surface area contributed by atoms with Gasteiger partial charge < -0.3 is 4.74 Å². The number of hydrogen-bond donors (Lipinski definition) is 1.